The molecule has 3 rings (SSSR count). The highest BCUT2D eigenvalue weighted by Crippen LogP contribution is 2.54. The maximum absolute atomic E-state index is 5.92. The number of ether oxygens (including phenoxy) is 3. The summed E-state index contributed by atoms with van der Waals surface area (Å²) in [4.78, 5) is 0. The predicted octanol–water partition coefficient (Wildman–Crippen LogP) is 3.12. The Labute approximate surface area is 110 Å². The van der Waals surface area contributed by atoms with Crippen LogP contribution in [-0.4, -0.2) is 32.2 Å². The molecule has 1 heterocycles. The number of fused-ring (bicyclic) bond motifs is 1. The van der Waals surface area contributed by atoms with E-state index in [0.717, 1.165) is 26.1 Å². The third kappa shape index (κ3) is 2.00. The number of hydrogen-bond acceptors (Lipinski definition) is 3. The second kappa shape index (κ2) is 4.77. The lowest BCUT2D eigenvalue weighted by molar-refractivity contribution is -0.218. The molecule has 0 aromatic heterocycles. The molecule has 1 spiro atoms. The van der Waals surface area contributed by atoms with Gasteiger partial charge in [0.2, 0.25) is 0 Å². The summed E-state index contributed by atoms with van der Waals surface area (Å²) in [6.45, 7) is 3.98. The predicted molar refractivity (Wildman–Crippen MR) is 69.3 cm³/mol. The van der Waals surface area contributed by atoms with Gasteiger partial charge < -0.3 is 14.2 Å². The number of methoxy groups -OCH3 is 1. The quantitative estimate of drug-likeness (QED) is 0.719. The second-order valence-corrected chi connectivity index (χ2v) is 6.52. The van der Waals surface area contributed by atoms with Crippen LogP contribution < -0.4 is 0 Å². The maximum Gasteiger partial charge on any atom is 0.168 e. The standard InChI is InChI=1S/C15H26O3/c1-14-7-8-15(17-9-10-18-15)11-12(14)5-3-4-6-13(14)16-2/h12-13H,3-11H2,1-2H3/t12-,13-,14-/m0/s1. The molecule has 0 N–H and O–H groups in total. The van der Waals surface area contributed by atoms with E-state index in [2.05, 4.69) is 6.92 Å². The lowest BCUT2D eigenvalue weighted by atomic mass is 9.62. The van der Waals surface area contributed by atoms with Gasteiger partial charge in [-0.05, 0) is 30.6 Å². The van der Waals surface area contributed by atoms with Crippen molar-refractivity contribution in [3.63, 3.8) is 0 Å². The fraction of sp³-hybridized carbons (Fsp3) is 1.00. The molecule has 3 aliphatic rings. The molecule has 2 saturated carbocycles. The molecule has 0 radical (unpaired) electrons. The highest BCUT2D eigenvalue weighted by Gasteiger charge is 2.53. The van der Waals surface area contributed by atoms with E-state index in [9.17, 15) is 0 Å². The topological polar surface area (TPSA) is 27.7 Å². The van der Waals surface area contributed by atoms with Gasteiger partial charge in [0.25, 0.3) is 0 Å². The van der Waals surface area contributed by atoms with Crippen molar-refractivity contribution in [3.05, 3.63) is 0 Å². The monoisotopic (exact) mass is 254 g/mol. The average Bonchev–Trinajstić information content (AvgIpc) is 2.75. The van der Waals surface area contributed by atoms with Gasteiger partial charge in [-0.3, -0.25) is 0 Å². The Morgan fingerprint density at radius 2 is 1.78 bits per heavy atom. The van der Waals surface area contributed by atoms with Gasteiger partial charge >= 0.3 is 0 Å². The molecule has 0 aromatic rings. The summed E-state index contributed by atoms with van der Waals surface area (Å²) < 4.78 is 17.7. The summed E-state index contributed by atoms with van der Waals surface area (Å²) in [6, 6.07) is 0. The molecule has 3 heteroatoms. The summed E-state index contributed by atoms with van der Waals surface area (Å²) in [5, 5.41) is 0. The van der Waals surface area contributed by atoms with Gasteiger partial charge in [-0.2, -0.15) is 0 Å². The molecule has 1 aliphatic heterocycles. The van der Waals surface area contributed by atoms with Crippen molar-refractivity contribution < 1.29 is 14.2 Å². The van der Waals surface area contributed by atoms with E-state index in [1.54, 1.807) is 0 Å². The van der Waals surface area contributed by atoms with Crippen LogP contribution in [0.2, 0.25) is 0 Å². The average molecular weight is 254 g/mol. The molecule has 2 aliphatic carbocycles. The van der Waals surface area contributed by atoms with Crippen molar-refractivity contribution in [2.45, 2.75) is 63.8 Å². The minimum Gasteiger partial charge on any atom is -0.381 e. The molecular weight excluding hydrogens is 228 g/mol. The summed E-state index contributed by atoms with van der Waals surface area (Å²) in [7, 11) is 1.88. The lowest BCUT2D eigenvalue weighted by Gasteiger charge is -2.50. The third-order valence-corrected chi connectivity index (χ3v) is 5.64. The van der Waals surface area contributed by atoms with Gasteiger partial charge in [-0.15, -0.1) is 0 Å². The van der Waals surface area contributed by atoms with Crippen LogP contribution >= 0.6 is 0 Å². The zero-order chi connectivity index (χ0) is 12.6. The molecule has 0 aromatic carbocycles. The Balaban J connectivity index is 1.81. The molecule has 0 amide bonds. The molecular formula is C15H26O3. The van der Waals surface area contributed by atoms with Crippen LogP contribution in [0.3, 0.4) is 0 Å². The summed E-state index contributed by atoms with van der Waals surface area (Å²) in [5.74, 6) is 0.448. The molecule has 3 fully saturated rings. The van der Waals surface area contributed by atoms with Crippen LogP contribution in [0.1, 0.15) is 51.9 Å². The molecule has 0 unspecified atom stereocenters. The fourth-order valence-electron chi connectivity index (χ4n) is 4.43. The van der Waals surface area contributed by atoms with Crippen LogP contribution in [0.15, 0.2) is 0 Å². The van der Waals surface area contributed by atoms with Gasteiger partial charge in [0.05, 0.1) is 19.3 Å². The summed E-state index contributed by atoms with van der Waals surface area (Å²) in [5.41, 5.74) is 0.325. The van der Waals surface area contributed by atoms with Crippen LogP contribution in [0.4, 0.5) is 0 Å². The fourth-order valence-corrected chi connectivity index (χ4v) is 4.43. The van der Waals surface area contributed by atoms with Crippen LogP contribution in [0.5, 0.6) is 0 Å². The normalized spacial score (nSPS) is 43.7. The molecule has 0 bridgehead atoms. The largest absolute Gasteiger partial charge is 0.381 e. The van der Waals surface area contributed by atoms with E-state index in [4.69, 9.17) is 14.2 Å². The number of hydrogen-bond donors (Lipinski definition) is 0. The Hall–Kier alpha value is -0.120. The zero-order valence-corrected chi connectivity index (χ0v) is 11.7. The zero-order valence-electron chi connectivity index (χ0n) is 11.7. The first kappa shape index (κ1) is 12.9. The van der Waals surface area contributed by atoms with Gasteiger partial charge in [0, 0.05) is 20.0 Å². The van der Waals surface area contributed by atoms with Crippen molar-refractivity contribution in [1.82, 2.24) is 0 Å². The van der Waals surface area contributed by atoms with Crippen LogP contribution in [0, 0.1) is 11.3 Å². The minimum absolute atomic E-state index is 0.243. The van der Waals surface area contributed by atoms with Gasteiger partial charge in [-0.1, -0.05) is 19.8 Å². The lowest BCUT2D eigenvalue weighted by Crippen LogP contribution is -2.49. The third-order valence-electron chi connectivity index (χ3n) is 5.64. The second-order valence-electron chi connectivity index (χ2n) is 6.52. The van der Waals surface area contributed by atoms with Gasteiger partial charge in [-0.25, -0.2) is 0 Å². The maximum atomic E-state index is 5.92. The van der Waals surface area contributed by atoms with E-state index in [0.29, 0.717) is 17.4 Å². The van der Waals surface area contributed by atoms with E-state index in [1.807, 2.05) is 7.11 Å². The van der Waals surface area contributed by atoms with Gasteiger partial charge in [0.15, 0.2) is 5.79 Å². The molecule has 1 saturated heterocycles. The first-order valence-corrected chi connectivity index (χ1v) is 7.49. The van der Waals surface area contributed by atoms with Crippen molar-refractivity contribution in [2.24, 2.45) is 11.3 Å². The van der Waals surface area contributed by atoms with Crippen molar-refractivity contribution in [1.29, 1.82) is 0 Å². The van der Waals surface area contributed by atoms with Crippen molar-refractivity contribution in [2.75, 3.05) is 20.3 Å². The summed E-state index contributed by atoms with van der Waals surface area (Å²) >= 11 is 0. The smallest absolute Gasteiger partial charge is 0.168 e. The first-order chi connectivity index (χ1) is 8.69. The number of rotatable bonds is 1. The van der Waals surface area contributed by atoms with Crippen LogP contribution in [0.25, 0.3) is 0 Å². The SMILES string of the molecule is CO[C@H]1CCCC[C@H]2CC3(CC[C@@]21C)OCCO3. The first-order valence-electron chi connectivity index (χ1n) is 7.49. The van der Waals surface area contributed by atoms with E-state index >= 15 is 0 Å². The Kier molecular flexibility index (Phi) is 3.41. The van der Waals surface area contributed by atoms with E-state index in [1.165, 1.54) is 32.1 Å². The molecule has 3 atom stereocenters. The van der Waals surface area contributed by atoms with E-state index in [-0.39, 0.29) is 5.79 Å². The minimum atomic E-state index is -0.243. The Morgan fingerprint density at radius 3 is 2.50 bits per heavy atom. The summed E-state index contributed by atoms with van der Waals surface area (Å²) in [6.07, 6.45) is 8.88. The van der Waals surface area contributed by atoms with Crippen molar-refractivity contribution >= 4 is 0 Å². The highest BCUT2D eigenvalue weighted by molar-refractivity contribution is 4.99. The molecule has 104 valence electrons. The van der Waals surface area contributed by atoms with Crippen molar-refractivity contribution in [3.8, 4) is 0 Å². The highest BCUT2D eigenvalue weighted by atomic mass is 16.7. The van der Waals surface area contributed by atoms with Gasteiger partial charge in [0.1, 0.15) is 0 Å². The Bertz CT molecular complexity index is 298. The molecule has 3 nitrogen and oxygen atoms in total. The Morgan fingerprint density at radius 1 is 1.06 bits per heavy atom. The molecule has 18 heavy (non-hydrogen) atoms. The van der Waals surface area contributed by atoms with Crippen LogP contribution in [-0.2, 0) is 14.2 Å². The van der Waals surface area contributed by atoms with E-state index < -0.39 is 0 Å².